The smallest absolute Gasteiger partial charge is 0.0218 e. The molecular weight excluding hydrogens is 456 g/mol. The van der Waals surface area contributed by atoms with E-state index in [1.165, 1.54) is 84.4 Å². The number of hydrogen-bond donors (Lipinski definition) is 0. The topological polar surface area (TPSA) is 0 Å². The number of hydrogen-bond acceptors (Lipinski definition) is 0. The maximum Gasteiger partial charge on any atom is 0.0218 e. The third kappa shape index (κ3) is 2.72. The van der Waals surface area contributed by atoms with Crippen molar-refractivity contribution in [3.8, 4) is 22.3 Å². The monoisotopic (exact) mass is 496 g/mol. The Bertz CT molecular complexity index is 1490. The predicted octanol–water partition coefficient (Wildman–Crippen LogP) is 10.8. The normalized spacial score (nSPS) is 19.6. The minimum absolute atomic E-state index is 0.183. The average Bonchev–Trinajstić information content (AvgIpc) is 3.71. The second-order valence-electron chi connectivity index (χ2n) is 13.5. The van der Waals surface area contributed by atoms with Gasteiger partial charge in [-0.15, -0.1) is 0 Å². The third-order valence-electron chi connectivity index (χ3n) is 11.1. The first-order valence-corrected chi connectivity index (χ1v) is 15.4. The third-order valence-corrected chi connectivity index (χ3v) is 11.1. The lowest BCUT2D eigenvalue weighted by Crippen LogP contribution is -2.29. The Labute approximate surface area is 228 Å². The number of benzene rings is 4. The molecule has 2 fully saturated rings. The molecule has 0 atom stereocenters. The van der Waals surface area contributed by atoms with Gasteiger partial charge < -0.3 is 0 Å². The number of fused-ring (bicyclic) bond motifs is 14. The van der Waals surface area contributed by atoms with Crippen molar-refractivity contribution in [1.82, 2.24) is 0 Å². The highest BCUT2D eigenvalue weighted by atomic mass is 14.6. The van der Waals surface area contributed by atoms with Gasteiger partial charge in [0.2, 0.25) is 0 Å². The molecule has 0 radical (unpaired) electrons. The van der Waals surface area contributed by atoms with Crippen molar-refractivity contribution < 1.29 is 0 Å². The standard InChI is InChI=1S/C38H40/c1-23(2)25-13-15-29-31(21-25)37(17-7-8-18-37)35-33(29)27-11-5-6-12-28(27)34-30-16-14-26(24(3)4)22-32(30)38(36(34)35)19-9-10-20-38/h5-6,11-16,21-24H,7-10,17-20H2,1-4H3. The van der Waals surface area contributed by atoms with Crippen LogP contribution in [-0.4, -0.2) is 0 Å². The zero-order valence-corrected chi connectivity index (χ0v) is 23.6. The summed E-state index contributed by atoms with van der Waals surface area (Å²) in [6, 6.07) is 24.6. The minimum Gasteiger partial charge on any atom is -0.0616 e. The molecule has 4 aliphatic carbocycles. The van der Waals surface area contributed by atoms with Crippen molar-refractivity contribution in [2.45, 2.75) is 102 Å². The molecule has 2 saturated carbocycles. The van der Waals surface area contributed by atoms with Crippen LogP contribution in [0.5, 0.6) is 0 Å². The Balaban J connectivity index is 1.56. The molecule has 8 rings (SSSR count). The fourth-order valence-electron chi connectivity index (χ4n) is 9.29. The second-order valence-corrected chi connectivity index (χ2v) is 13.5. The van der Waals surface area contributed by atoms with E-state index in [4.69, 9.17) is 0 Å². The highest BCUT2D eigenvalue weighted by molar-refractivity contribution is 6.13. The van der Waals surface area contributed by atoms with Crippen LogP contribution in [0.15, 0.2) is 60.7 Å². The summed E-state index contributed by atoms with van der Waals surface area (Å²) in [5, 5.41) is 2.97. The molecule has 0 nitrogen and oxygen atoms in total. The Kier molecular flexibility index (Phi) is 4.76. The molecule has 0 heterocycles. The lowest BCUT2D eigenvalue weighted by molar-refractivity contribution is 0.500. The van der Waals surface area contributed by atoms with Gasteiger partial charge in [-0.05, 0) is 104 Å². The predicted molar refractivity (Wildman–Crippen MR) is 161 cm³/mol. The van der Waals surface area contributed by atoms with E-state index < -0.39 is 0 Å². The molecular formula is C38H40. The van der Waals surface area contributed by atoms with E-state index in [0.717, 1.165) is 0 Å². The van der Waals surface area contributed by atoms with Crippen molar-refractivity contribution in [3.63, 3.8) is 0 Å². The van der Waals surface area contributed by atoms with Gasteiger partial charge in [-0.2, -0.15) is 0 Å². The Morgan fingerprint density at radius 2 is 0.921 bits per heavy atom. The Morgan fingerprint density at radius 1 is 0.526 bits per heavy atom. The summed E-state index contributed by atoms with van der Waals surface area (Å²) in [5.41, 5.74) is 16.5. The van der Waals surface area contributed by atoms with Gasteiger partial charge in [0.25, 0.3) is 0 Å². The van der Waals surface area contributed by atoms with Crippen molar-refractivity contribution in [3.05, 3.63) is 94.0 Å². The minimum atomic E-state index is 0.183. The molecule has 0 amide bonds. The molecule has 0 heteroatoms. The van der Waals surface area contributed by atoms with Crippen LogP contribution in [-0.2, 0) is 10.8 Å². The molecule has 0 N–H and O–H groups in total. The van der Waals surface area contributed by atoms with Crippen LogP contribution < -0.4 is 0 Å². The van der Waals surface area contributed by atoms with Gasteiger partial charge >= 0.3 is 0 Å². The van der Waals surface area contributed by atoms with Crippen molar-refractivity contribution >= 4 is 10.8 Å². The van der Waals surface area contributed by atoms with Crippen LogP contribution in [0.4, 0.5) is 0 Å². The molecule has 4 aromatic rings. The maximum absolute atomic E-state index is 2.63. The van der Waals surface area contributed by atoms with E-state index in [0.29, 0.717) is 11.8 Å². The van der Waals surface area contributed by atoms with Crippen LogP contribution in [0.3, 0.4) is 0 Å². The second kappa shape index (κ2) is 7.84. The van der Waals surface area contributed by atoms with Gasteiger partial charge in [-0.25, -0.2) is 0 Å². The summed E-state index contributed by atoms with van der Waals surface area (Å²) in [7, 11) is 0. The highest BCUT2D eigenvalue weighted by Gasteiger charge is 2.55. The van der Waals surface area contributed by atoms with Gasteiger partial charge in [0.1, 0.15) is 0 Å². The van der Waals surface area contributed by atoms with Gasteiger partial charge in [0, 0.05) is 10.8 Å². The largest absolute Gasteiger partial charge is 0.0616 e. The van der Waals surface area contributed by atoms with Gasteiger partial charge in [0.05, 0.1) is 0 Å². The first-order valence-electron chi connectivity index (χ1n) is 15.4. The maximum atomic E-state index is 2.63. The SMILES string of the molecule is CC(C)c1ccc2c(c1)C1(CCCC1)c1c3c(c4ccccc4c1-2)-c1ccc(C(C)C)cc1C31CCCC1. The summed E-state index contributed by atoms with van der Waals surface area (Å²) in [5.74, 6) is 1.12. The summed E-state index contributed by atoms with van der Waals surface area (Å²) < 4.78 is 0. The molecule has 0 aliphatic heterocycles. The molecule has 0 bridgehead atoms. The molecule has 2 spiro atoms. The lowest BCUT2D eigenvalue weighted by Gasteiger charge is -2.36. The van der Waals surface area contributed by atoms with Crippen molar-refractivity contribution in [1.29, 1.82) is 0 Å². The molecule has 4 aliphatic rings. The molecule has 0 saturated heterocycles. The van der Waals surface area contributed by atoms with Crippen LogP contribution >= 0.6 is 0 Å². The zero-order chi connectivity index (χ0) is 25.8. The van der Waals surface area contributed by atoms with Gasteiger partial charge in [0.15, 0.2) is 0 Å². The first-order chi connectivity index (χ1) is 18.5. The van der Waals surface area contributed by atoms with Gasteiger partial charge in [-0.3, -0.25) is 0 Å². The molecule has 0 aromatic heterocycles. The lowest BCUT2D eigenvalue weighted by atomic mass is 9.67. The zero-order valence-electron chi connectivity index (χ0n) is 23.6. The van der Waals surface area contributed by atoms with Crippen molar-refractivity contribution in [2.24, 2.45) is 0 Å². The average molecular weight is 497 g/mol. The first kappa shape index (κ1) is 23.1. The highest BCUT2D eigenvalue weighted by Crippen LogP contribution is 2.68. The van der Waals surface area contributed by atoms with Crippen LogP contribution in [0, 0.1) is 0 Å². The van der Waals surface area contributed by atoms with Gasteiger partial charge in [-0.1, -0.05) is 114 Å². The number of rotatable bonds is 2. The van der Waals surface area contributed by atoms with E-state index in [-0.39, 0.29) is 10.8 Å². The fourth-order valence-corrected chi connectivity index (χ4v) is 9.29. The molecule has 4 aromatic carbocycles. The van der Waals surface area contributed by atoms with Crippen molar-refractivity contribution in [2.75, 3.05) is 0 Å². The van der Waals surface area contributed by atoms with Crippen LogP contribution in [0.1, 0.15) is 124 Å². The Hall–Kier alpha value is -2.86. The van der Waals surface area contributed by atoms with E-state index >= 15 is 0 Å². The summed E-state index contributed by atoms with van der Waals surface area (Å²) >= 11 is 0. The Morgan fingerprint density at radius 3 is 1.29 bits per heavy atom. The molecule has 38 heavy (non-hydrogen) atoms. The quantitative estimate of drug-likeness (QED) is 0.259. The van der Waals surface area contributed by atoms with E-state index in [9.17, 15) is 0 Å². The summed E-state index contributed by atoms with van der Waals surface area (Å²) in [6.45, 7) is 9.42. The fraction of sp³-hybridized carbons (Fsp3) is 0.421. The van der Waals surface area contributed by atoms with Crippen LogP contribution in [0.25, 0.3) is 33.0 Å². The van der Waals surface area contributed by atoms with E-state index in [1.54, 1.807) is 33.4 Å². The summed E-state index contributed by atoms with van der Waals surface area (Å²) in [4.78, 5) is 0. The van der Waals surface area contributed by atoms with Crippen LogP contribution in [0.2, 0.25) is 0 Å². The van der Waals surface area contributed by atoms with E-state index in [1.807, 2.05) is 0 Å². The molecule has 192 valence electrons. The summed E-state index contributed by atoms with van der Waals surface area (Å²) in [6.07, 6.45) is 10.6. The molecule has 0 unspecified atom stereocenters. The van der Waals surface area contributed by atoms with E-state index in [2.05, 4.69) is 88.4 Å².